The van der Waals surface area contributed by atoms with Crippen LogP contribution in [0.2, 0.25) is 0 Å². The molecule has 0 saturated carbocycles. The van der Waals surface area contributed by atoms with Crippen molar-refractivity contribution in [1.29, 1.82) is 0 Å². The lowest BCUT2D eigenvalue weighted by Crippen LogP contribution is -2.37. The van der Waals surface area contributed by atoms with Crippen molar-refractivity contribution >= 4 is 11.7 Å². The van der Waals surface area contributed by atoms with E-state index in [0.29, 0.717) is 32.0 Å². The lowest BCUT2D eigenvalue weighted by molar-refractivity contribution is 0.0525. The van der Waals surface area contributed by atoms with Crippen LogP contribution in [-0.2, 0) is 9.47 Å². The summed E-state index contributed by atoms with van der Waals surface area (Å²) in [6, 6.07) is 4.46. The van der Waals surface area contributed by atoms with E-state index >= 15 is 0 Å². The van der Waals surface area contributed by atoms with Crippen LogP contribution in [0.1, 0.15) is 17.3 Å². The fourth-order valence-electron chi connectivity index (χ4n) is 2.00. The Hall–Kier alpha value is -1.62. The first-order valence-corrected chi connectivity index (χ1v) is 6.02. The third-order valence-corrected chi connectivity index (χ3v) is 2.81. The Kier molecular flexibility index (Phi) is 4.15. The third-order valence-electron chi connectivity index (χ3n) is 2.81. The number of esters is 1. The zero-order chi connectivity index (χ0) is 13.0. The summed E-state index contributed by atoms with van der Waals surface area (Å²) < 4.78 is 24.1. The Morgan fingerprint density at radius 1 is 1.44 bits per heavy atom. The third kappa shape index (κ3) is 2.61. The summed E-state index contributed by atoms with van der Waals surface area (Å²) in [6.45, 7) is 4.23. The number of rotatable bonds is 3. The van der Waals surface area contributed by atoms with E-state index in [2.05, 4.69) is 0 Å². The number of anilines is 1. The van der Waals surface area contributed by atoms with Gasteiger partial charge in [-0.05, 0) is 19.1 Å². The second-order valence-corrected chi connectivity index (χ2v) is 3.96. The molecule has 1 heterocycles. The number of hydrogen-bond donors (Lipinski definition) is 0. The number of halogens is 1. The fraction of sp³-hybridized carbons (Fsp3) is 0.462. The molecule has 1 saturated heterocycles. The maximum atomic E-state index is 13.9. The molecule has 0 aromatic heterocycles. The molecule has 1 aromatic carbocycles. The van der Waals surface area contributed by atoms with E-state index < -0.39 is 11.8 Å². The molecule has 0 unspecified atom stereocenters. The standard InChI is InChI=1S/C13H16FNO3/c1-2-18-13(16)10-4-3-5-11(14)12(10)15-6-8-17-9-7-15/h3-5H,2,6-9H2,1H3. The van der Waals surface area contributed by atoms with Gasteiger partial charge >= 0.3 is 5.97 Å². The van der Waals surface area contributed by atoms with E-state index in [1.807, 2.05) is 4.90 Å². The van der Waals surface area contributed by atoms with Gasteiger partial charge in [-0.2, -0.15) is 0 Å². The van der Waals surface area contributed by atoms with Gasteiger partial charge < -0.3 is 14.4 Å². The Balaban J connectivity index is 2.34. The van der Waals surface area contributed by atoms with Crippen molar-refractivity contribution in [3.63, 3.8) is 0 Å². The zero-order valence-electron chi connectivity index (χ0n) is 10.3. The van der Waals surface area contributed by atoms with Crippen LogP contribution >= 0.6 is 0 Å². The summed E-state index contributed by atoms with van der Waals surface area (Å²) in [5, 5.41) is 0. The first-order valence-electron chi connectivity index (χ1n) is 6.02. The molecule has 1 aliphatic rings. The molecule has 0 radical (unpaired) electrons. The second kappa shape index (κ2) is 5.82. The highest BCUT2D eigenvalue weighted by Gasteiger charge is 2.22. The summed E-state index contributed by atoms with van der Waals surface area (Å²) in [5.41, 5.74) is 0.595. The van der Waals surface area contributed by atoms with Gasteiger partial charge in [0, 0.05) is 13.1 Å². The van der Waals surface area contributed by atoms with Crippen LogP contribution < -0.4 is 4.90 Å². The molecule has 18 heavy (non-hydrogen) atoms. The van der Waals surface area contributed by atoms with Gasteiger partial charge in [0.05, 0.1) is 31.1 Å². The second-order valence-electron chi connectivity index (χ2n) is 3.96. The number of benzene rings is 1. The fourth-order valence-corrected chi connectivity index (χ4v) is 2.00. The molecule has 0 amide bonds. The van der Waals surface area contributed by atoms with Crippen molar-refractivity contribution in [2.75, 3.05) is 37.8 Å². The van der Waals surface area contributed by atoms with Crippen LogP contribution in [0.15, 0.2) is 18.2 Å². The van der Waals surface area contributed by atoms with Crippen LogP contribution in [0, 0.1) is 5.82 Å². The molecule has 1 aromatic rings. The molecule has 0 bridgehead atoms. The normalized spacial score (nSPS) is 15.6. The molecule has 0 N–H and O–H groups in total. The van der Waals surface area contributed by atoms with Crippen molar-refractivity contribution in [3.8, 4) is 0 Å². The number of hydrogen-bond acceptors (Lipinski definition) is 4. The molecule has 0 spiro atoms. The van der Waals surface area contributed by atoms with Crippen LogP contribution in [0.4, 0.5) is 10.1 Å². The SMILES string of the molecule is CCOC(=O)c1cccc(F)c1N1CCOCC1. The molecule has 2 rings (SSSR count). The lowest BCUT2D eigenvalue weighted by Gasteiger charge is -2.30. The minimum atomic E-state index is -0.488. The number of nitrogens with zero attached hydrogens (tertiary/aromatic N) is 1. The van der Waals surface area contributed by atoms with Gasteiger partial charge in [0.1, 0.15) is 5.82 Å². The number of morpholine rings is 1. The topological polar surface area (TPSA) is 38.8 Å². The molecule has 4 nitrogen and oxygen atoms in total. The van der Waals surface area contributed by atoms with Crippen molar-refractivity contribution in [2.45, 2.75) is 6.92 Å². The molecule has 98 valence electrons. The first-order chi connectivity index (χ1) is 8.74. The predicted octanol–water partition coefficient (Wildman–Crippen LogP) is 1.84. The summed E-state index contributed by atoms with van der Waals surface area (Å²) in [7, 11) is 0. The monoisotopic (exact) mass is 253 g/mol. The number of carbonyl (C=O) groups excluding carboxylic acids is 1. The van der Waals surface area contributed by atoms with E-state index in [1.165, 1.54) is 12.1 Å². The lowest BCUT2D eigenvalue weighted by atomic mass is 10.1. The Bertz CT molecular complexity index is 430. The molecule has 5 heteroatoms. The van der Waals surface area contributed by atoms with Crippen molar-refractivity contribution in [3.05, 3.63) is 29.6 Å². The van der Waals surface area contributed by atoms with Gasteiger partial charge in [-0.15, -0.1) is 0 Å². The molecule has 0 atom stereocenters. The highest BCUT2D eigenvalue weighted by Crippen LogP contribution is 2.26. The molecule has 0 aliphatic carbocycles. The highest BCUT2D eigenvalue weighted by atomic mass is 19.1. The summed E-state index contributed by atoms with van der Waals surface area (Å²) in [4.78, 5) is 13.6. The van der Waals surface area contributed by atoms with Crippen LogP contribution in [-0.4, -0.2) is 38.9 Å². The minimum Gasteiger partial charge on any atom is -0.462 e. The average Bonchev–Trinajstić information content (AvgIpc) is 2.39. The van der Waals surface area contributed by atoms with Gasteiger partial charge in [-0.25, -0.2) is 9.18 Å². The Morgan fingerprint density at radius 3 is 2.83 bits per heavy atom. The predicted molar refractivity (Wildman–Crippen MR) is 65.4 cm³/mol. The number of carbonyl (C=O) groups is 1. The van der Waals surface area contributed by atoms with E-state index in [0.717, 1.165) is 0 Å². The van der Waals surface area contributed by atoms with Gasteiger partial charge in [0.2, 0.25) is 0 Å². The average molecular weight is 253 g/mol. The van der Waals surface area contributed by atoms with E-state index in [4.69, 9.17) is 9.47 Å². The number of ether oxygens (including phenoxy) is 2. The van der Waals surface area contributed by atoms with Gasteiger partial charge in [0.15, 0.2) is 0 Å². The molecular weight excluding hydrogens is 237 g/mol. The van der Waals surface area contributed by atoms with Crippen molar-refractivity contribution in [2.24, 2.45) is 0 Å². The maximum absolute atomic E-state index is 13.9. The molecule has 1 fully saturated rings. The van der Waals surface area contributed by atoms with Crippen molar-refractivity contribution in [1.82, 2.24) is 0 Å². The Labute approximate surface area is 105 Å². The maximum Gasteiger partial charge on any atom is 0.340 e. The van der Waals surface area contributed by atoms with E-state index in [9.17, 15) is 9.18 Å². The first kappa shape index (κ1) is 12.8. The van der Waals surface area contributed by atoms with Crippen LogP contribution in [0.3, 0.4) is 0 Å². The van der Waals surface area contributed by atoms with Gasteiger partial charge in [0.25, 0.3) is 0 Å². The Morgan fingerprint density at radius 2 is 2.17 bits per heavy atom. The minimum absolute atomic E-state index is 0.276. The van der Waals surface area contributed by atoms with Gasteiger partial charge in [-0.1, -0.05) is 6.07 Å². The quantitative estimate of drug-likeness (QED) is 0.770. The summed E-state index contributed by atoms with van der Waals surface area (Å²) >= 11 is 0. The van der Waals surface area contributed by atoms with E-state index in [1.54, 1.807) is 13.0 Å². The smallest absolute Gasteiger partial charge is 0.340 e. The van der Waals surface area contributed by atoms with Gasteiger partial charge in [-0.3, -0.25) is 0 Å². The van der Waals surface area contributed by atoms with Crippen LogP contribution in [0.5, 0.6) is 0 Å². The zero-order valence-corrected chi connectivity index (χ0v) is 10.3. The molecular formula is C13H16FNO3. The van der Waals surface area contributed by atoms with Crippen LogP contribution in [0.25, 0.3) is 0 Å². The van der Waals surface area contributed by atoms with Crippen molar-refractivity contribution < 1.29 is 18.7 Å². The summed E-state index contributed by atoms with van der Waals surface area (Å²) in [5.74, 6) is -0.888. The largest absolute Gasteiger partial charge is 0.462 e. The number of para-hydroxylation sites is 1. The summed E-state index contributed by atoms with van der Waals surface area (Å²) in [6.07, 6.45) is 0. The van der Waals surface area contributed by atoms with E-state index in [-0.39, 0.29) is 12.2 Å². The highest BCUT2D eigenvalue weighted by molar-refractivity contribution is 5.96. The molecule has 1 aliphatic heterocycles.